The van der Waals surface area contributed by atoms with E-state index in [4.69, 9.17) is 0 Å². The summed E-state index contributed by atoms with van der Waals surface area (Å²) in [6, 6.07) is 3.06. The van der Waals surface area contributed by atoms with Crippen molar-refractivity contribution in [3.8, 4) is 0 Å². The van der Waals surface area contributed by atoms with Crippen LogP contribution in [-0.4, -0.2) is 28.8 Å². The third-order valence-electron chi connectivity index (χ3n) is 3.40. The third kappa shape index (κ3) is 2.90. The van der Waals surface area contributed by atoms with Gasteiger partial charge in [-0.25, -0.2) is 4.79 Å². The Morgan fingerprint density at radius 3 is 2.75 bits per heavy atom. The molecule has 108 valence electrons. The predicted molar refractivity (Wildman–Crippen MR) is 76.3 cm³/mol. The lowest BCUT2D eigenvalue weighted by molar-refractivity contribution is -0.144. The number of nitrogens with one attached hydrogen (secondary N) is 1. The largest absolute Gasteiger partial charge is 0.331 e. The maximum atomic E-state index is 12.4. The fourth-order valence-corrected chi connectivity index (χ4v) is 3.23. The van der Waals surface area contributed by atoms with Gasteiger partial charge >= 0.3 is 6.03 Å². The van der Waals surface area contributed by atoms with E-state index >= 15 is 0 Å². The molecule has 0 radical (unpaired) electrons. The van der Waals surface area contributed by atoms with E-state index in [2.05, 4.69) is 5.32 Å². The summed E-state index contributed by atoms with van der Waals surface area (Å²) in [5.41, 5.74) is 0. The molecule has 2 unspecified atom stereocenters. The standard InChI is InChI=1S/C14H18N2O3S/c1-3-5-11-12(17)15-14(19)16(13(11)18)9(2)8-10-6-4-7-20-10/h4,6-7,9,11H,3,5,8H2,1-2H3,(H,15,17,19). The predicted octanol–water partition coefficient (Wildman–Crippen LogP) is 2.17. The number of carbonyl (C=O) groups is 3. The van der Waals surface area contributed by atoms with E-state index in [0.29, 0.717) is 12.8 Å². The molecule has 0 bridgehead atoms. The van der Waals surface area contributed by atoms with Crippen molar-refractivity contribution in [3.63, 3.8) is 0 Å². The van der Waals surface area contributed by atoms with Crippen molar-refractivity contribution in [1.29, 1.82) is 0 Å². The lowest BCUT2D eigenvalue weighted by Gasteiger charge is -2.34. The Balaban J connectivity index is 2.14. The normalized spacial score (nSPS) is 21.0. The molecule has 0 aliphatic carbocycles. The summed E-state index contributed by atoms with van der Waals surface area (Å²) < 4.78 is 0. The van der Waals surface area contributed by atoms with Crippen LogP contribution in [0.15, 0.2) is 17.5 Å². The van der Waals surface area contributed by atoms with E-state index in [-0.39, 0.29) is 11.9 Å². The van der Waals surface area contributed by atoms with Gasteiger partial charge in [-0.2, -0.15) is 0 Å². The number of imide groups is 2. The number of hydrogen-bond donors (Lipinski definition) is 1. The van der Waals surface area contributed by atoms with E-state index in [9.17, 15) is 14.4 Å². The van der Waals surface area contributed by atoms with Gasteiger partial charge in [0, 0.05) is 17.3 Å². The van der Waals surface area contributed by atoms with Crippen LogP contribution in [0.3, 0.4) is 0 Å². The lowest BCUT2D eigenvalue weighted by Crippen LogP contribution is -2.60. The highest BCUT2D eigenvalue weighted by Crippen LogP contribution is 2.21. The summed E-state index contributed by atoms with van der Waals surface area (Å²) in [4.78, 5) is 38.3. The number of urea groups is 1. The molecule has 4 amide bonds. The van der Waals surface area contributed by atoms with Gasteiger partial charge in [0.05, 0.1) is 0 Å². The minimum absolute atomic E-state index is 0.256. The second-order valence-corrected chi connectivity index (χ2v) is 6.01. The number of hydrogen-bond acceptors (Lipinski definition) is 4. The molecule has 0 spiro atoms. The Bertz CT molecular complexity index is 512. The SMILES string of the molecule is CCCC1C(=O)NC(=O)N(C(C)Cc2cccs2)C1=O. The van der Waals surface area contributed by atoms with Crippen LogP contribution in [0.1, 0.15) is 31.6 Å². The molecule has 0 aromatic carbocycles. The van der Waals surface area contributed by atoms with Gasteiger partial charge in [0.25, 0.3) is 0 Å². The molecule has 20 heavy (non-hydrogen) atoms. The van der Waals surface area contributed by atoms with Crippen LogP contribution in [0.4, 0.5) is 4.79 Å². The van der Waals surface area contributed by atoms with Crippen molar-refractivity contribution >= 4 is 29.2 Å². The Morgan fingerprint density at radius 2 is 2.15 bits per heavy atom. The molecule has 2 rings (SSSR count). The van der Waals surface area contributed by atoms with Crippen LogP contribution in [0, 0.1) is 5.92 Å². The molecule has 2 heterocycles. The molecular formula is C14H18N2O3S. The van der Waals surface area contributed by atoms with Crippen molar-refractivity contribution in [1.82, 2.24) is 10.2 Å². The van der Waals surface area contributed by atoms with Crippen molar-refractivity contribution in [2.24, 2.45) is 5.92 Å². The molecule has 2 atom stereocenters. The Kier molecular flexibility index (Phi) is 4.54. The van der Waals surface area contributed by atoms with Gasteiger partial charge in [-0.15, -0.1) is 11.3 Å². The second-order valence-electron chi connectivity index (χ2n) is 4.98. The summed E-state index contributed by atoms with van der Waals surface area (Å²) in [6.45, 7) is 3.74. The molecule has 1 aromatic rings. The third-order valence-corrected chi connectivity index (χ3v) is 4.29. The summed E-state index contributed by atoms with van der Waals surface area (Å²) in [5, 5.41) is 4.25. The molecule has 1 aliphatic heterocycles. The van der Waals surface area contributed by atoms with E-state index in [0.717, 1.165) is 11.3 Å². The molecule has 1 aromatic heterocycles. The molecule has 1 aliphatic rings. The fraction of sp³-hybridized carbons (Fsp3) is 0.500. The van der Waals surface area contributed by atoms with Gasteiger partial charge in [0.1, 0.15) is 5.92 Å². The zero-order chi connectivity index (χ0) is 14.7. The summed E-state index contributed by atoms with van der Waals surface area (Å²) in [7, 11) is 0. The molecule has 6 heteroatoms. The lowest BCUT2D eigenvalue weighted by atomic mass is 9.98. The van der Waals surface area contributed by atoms with Gasteiger partial charge in [-0.1, -0.05) is 19.4 Å². The molecule has 1 N–H and O–H groups in total. The van der Waals surface area contributed by atoms with Gasteiger partial charge in [-0.3, -0.25) is 19.8 Å². The number of thiophene rings is 1. The Morgan fingerprint density at radius 1 is 1.40 bits per heavy atom. The number of carbonyl (C=O) groups excluding carboxylic acids is 3. The van der Waals surface area contributed by atoms with E-state index in [1.54, 1.807) is 11.3 Å². The Hall–Kier alpha value is -1.69. The van der Waals surface area contributed by atoms with Crippen LogP contribution < -0.4 is 5.32 Å². The summed E-state index contributed by atoms with van der Waals surface area (Å²) >= 11 is 1.59. The zero-order valence-corrected chi connectivity index (χ0v) is 12.4. The van der Waals surface area contributed by atoms with Crippen molar-refractivity contribution in [2.75, 3.05) is 0 Å². The van der Waals surface area contributed by atoms with Crippen LogP contribution in [0.2, 0.25) is 0 Å². The number of amides is 4. The van der Waals surface area contributed by atoms with Crippen molar-refractivity contribution in [2.45, 2.75) is 39.2 Å². The van der Waals surface area contributed by atoms with E-state index in [1.807, 2.05) is 31.4 Å². The number of nitrogens with zero attached hydrogens (tertiary/aromatic N) is 1. The maximum absolute atomic E-state index is 12.4. The average Bonchev–Trinajstić information content (AvgIpc) is 2.87. The van der Waals surface area contributed by atoms with Crippen LogP contribution in [-0.2, 0) is 16.0 Å². The first-order valence-electron chi connectivity index (χ1n) is 6.74. The van der Waals surface area contributed by atoms with Crippen LogP contribution >= 0.6 is 11.3 Å². The van der Waals surface area contributed by atoms with E-state index in [1.165, 1.54) is 4.90 Å². The minimum Gasteiger partial charge on any atom is -0.277 e. The number of barbiturate groups is 1. The molecular weight excluding hydrogens is 276 g/mol. The highest BCUT2D eigenvalue weighted by atomic mass is 32.1. The van der Waals surface area contributed by atoms with Crippen molar-refractivity contribution in [3.05, 3.63) is 22.4 Å². The topological polar surface area (TPSA) is 66.5 Å². The smallest absolute Gasteiger partial charge is 0.277 e. The number of rotatable bonds is 5. The molecule has 0 saturated carbocycles. The first-order chi connectivity index (χ1) is 9.54. The van der Waals surface area contributed by atoms with Gasteiger partial charge in [0.15, 0.2) is 0 Å². The van der Waals surface area contributed by atoms with Gasteiger partial charge in [-0.05, 0) is 24.8 Å². The second kappa shape index (κ2) is 6.17. The highest BCUT2D eigenvalue weighted by molar-refractivity contribution is 7.09. The quantitative estimate of drug-likeness (QED) is 0.846. The fourth-order valence-electron chi connectivity index (χ4n) is 2.40. The first-order valence-corrected chi connectivity index (χ1v) is 7.62. The molecule has 1 fully saturated rings. The average molecular weight is 294 g/mol. The maximum Gasteiger partial charge on any atom is 0.331 e. The monoisotopic (exact) mass is 294 g/mol. The molecule has 5 nitrogen and oxygen atoms in total. The van der Waals surface area contributed by atoms with Crippen LogP contribution in [0.5, 0.6) is 0 Å². The zero-order valence-electron chi connectivity index (χ0n) is 11.6. The first kappa shape index (κ1) is 14.7. The summed E-state index contributed by atoms with van der Waals surface area (Å²) in [6.07, 6.45) is 1.81. The molecule has 1 saturated heterocycles. The minimum atomic E-state index is -0.733. The Labute approximate surface area is 122 Å². The van der Waals surface area contributed by atoms with Crippen molar-refractivity contribution < 1.29 is 14.4 Å². The summed E-state index contributed by atoms with van der Waals surface area (Å²) in [5.74, 6) is -1.57. The van der Waals surface area contributed by atoms with E-state index < -0.39 is 17.9 Å². The highest BCUT2D eigenvalue weighted by Gasteiger charge is 2.41. The van der Waals surface area contributed by atoms with Gasteiger partial charge in [0.2, 0.25) is 11.8 Å². The van der Waals surface area contributed by atoms with Gasteiger partial charge < -0.3 is 0 Å². The van der Waals surface area contributed by atoms with Crippen LogP contribution in [0.25, 0.3) is 0 Å².